The number of nitrogens with one attached hydrogen (secondary N) is 2. The molecule has 2 aromatic carbocycles. The van der Waals surface area contributed by atoms with Crippen molar-refractivity contribution >= 4 is 22.9 Å². The molecule has 1 saturated carbocycles. The smallest absolute Gasteiger partial charge is 0.390 e. The van der Waals surface area contributed by atoms with Crippen LogP contribution in [0.4, 0.5) is 28.9 Å². The average molecular weight is 529 g/mol. The summed E-state index contributed by atoms with van der Waals surface area (Å²) in [6, 6.07) is 10.9. The molecule has 1 aliphatic carbocycles. The van der Waals surface area contributed by atoms with Gasteiger partial charge in [0.25, 0.3) is 5.91 Å². The summed E-state index contributed by atoms with van der Waals surface area (Å²) in [5.74, 6) is -0.869. The molecule has 4 N–H and O–H groups in total. The Morgan fingerprint density at radius 1 is 1.21 bits per heavy atom. The number of benzene rings is 2. The number of fused-ring (bicyclic) bond motifs is 1. The largest absolute Gasteiger partial charge is 0.435 e. The van der Waals surface area contributed by atoms with Gasteiger partial charge in [-0.1, -0.05) is 12.1 Å². The summed E-state index contributed by atoms with van der Waals surface area (Å²) >= 11 is 0. The number of amides is 1. The molecule has 198 valence electrons. The van der Waals surface area contributed by atoms with Gasteiger partial charge in [-0.05, 0) is 49.6 Å². The number of aromatic nitrogens is 3. The first kappa shape index (κ1) is 25.3. The monoisotopic (exact) mass is 528 g/mol. The quantitative estimate of drug-likeness (QED) is 0.207. The first-order valence-corrected chi connectivity index (χ1v) is 11.9. The number of anilines is 2. The lowest BCUT2D eigenvalue weighted by Gasteiger charge is -2.14. The van der Waals surface area contributed by atoms with E-state index in [1.165, 1.54) is 35.0 Å². The van der Waals surface area contributed by atoms with Crippen molar-refractivity contribution in [3.05, 3.63) is 65.6 Å². The highest BCUT2D eigenvalue weighted by Crippen LogP contribution is 2.33. The topological polar surface area (TPSA) is 107 Å². The van der Waals surface area contributed by atoms with E-state index in [0.29, 0.717) is 16.8 Å². The highest BCUT2D eigenvalue weighted by molar-refractivity contribution is 5.96. The number of halogens is 4. The molecule has 0 saturated heterocycles. The fraction of sp³-hybridized carbons (Fsp3) is 0.269. The molecule has 4 aromatic rings. The van der Waals surface area contributed by atoms with Crippen molar-refractivity contribution in [3.63, 3.8) is 0 Å². The maximum absolute atomic E-state index is 13.9. The van der Waals surface area contributed by atoms with Crippen LogP contribution in [-0.4, -0.2) is 39.3 Å². The van der Waals surface area contributed by atoms with Crippen molar-refractivity contribution in [1.82, 2.24) is 19.9 Å². The van der Waals surface area contributed by atoms with E-state index in [9.17, 15) is 22.4 Å². The van der Waals surface area contributed by atoms with Gasteiger partial charge in [-0.15, -0.1) is 5.10 Å². The minimum Gasteiger partial charge on any atom is -0.435 e. The van der Waals surface area contributed by atoms with Gasteiger partial charge in [0.15, 0.2) is 11.4 Å². The Morgan fingerprint density at radius 2 is 2.00 bits per heavy atom. The van der Waals surface area contributed by atoms with Crippen molar-refractivity contribution in [1.29, 1.82) is 0 Å². The molecule has 5 rings (SSSR count). The molecule has 0 aliphatic heterocycles. The van der Waals surface area contributed by atoms with Crippen molar-refractivity contribution in [3.8, 4) is 22.9 Å². The number of carbonyl (C=O) groups is 1. The van der Waals surface area contributed by atoms with Crippen LogP contribution in [0.1, 0.15) is 35.2 Å². The Hall–Kier alpha value is -4.35. The molecule has 8 nitrogen and oxygen atoms in total. The minimum atomic E-state index is -4.35. The third kappa shape index (κ3) is 5.48. The van der Waals surface area contributed by atoms with Crippen molar-refractivity contribution < 1.29 is 27.1 Å². The highest BCUT2D eigenvalue weighted by atomic mass is 19.4. The van der Waals surface area contributed by atoms with Crippen molar-refractivity contribution in [2.45, 2.75) is 38.4 Å². The average Bonchev–Trinajstić information content (AvgIpc) is 3.56. The maximum atomic E-state index is 13.9. The molecule has 0 spiro atoms. The van der Waals surface area contributed by atoms with Crippen LogP contribution in [0.2, 0.25) is 0 Å². The van der Waals surface area contributed by atoms with Crippen LogP contribution < -0.4 is 21.1 Å². The standard InChI is InChI=1S/C26H24F4N6O2/c1-14-11-15(5-8-17(14)25(37)34-16-6-7-16)20-13-33-24-19(32-10-9-26(28,29)30)12-22(35-36(20)24)38-21-4-2-3-18(27)23(21)31/h2-5,8,11-13,16,32H,6-7,9-10,31H2,1H3,(H,34,37). The highest BCUT2D eigenvalue weighted by Gasteiger charge is 2.27. The third-order valence-electron chi connectivity index (χ3n) is 6.08. The summed E-state index contributed by atoms with van der Waals surface area (Å²) in [6.45, 7) is 1.41. The second-order valence-electron chi connectivity index (χ2n) is 9.10. The van der Waals surface area contributed by atoms with E-state index in [0.717, 1.165) is 18.4 Å². The summed E-state index contributed by atoms with van der Waals surface area (Å²) in [6.07, 6.45) is -1.94. The number of hydrogen-bond donors (Lipinski definition) is 3. The van der Waals surface area contributed by atoms with E-state index >= 15 is 0 Å². The van der Waals surface area contributed by atoms with Gasteiger partial charge in [0.2, 0.25) is 5.88 Å². The molecule has 1 aliphatic rings. The number of alkyl halides is 3. The minimum absolute atomic E-state index is 0.00151. The van der Waals surface area contributed by atoms with E-state index in [1.807, 2.05) is 13.0 Å². The Bertz CT molecular complexity index is 1510. The SMILES string of the molecule is Cc1cc(-c2cnc3c(NCCC(F)(F)F)cc(Oc4cccc(F)c4N)nn23)ccc1C(=O)NC1CC1. The number of carbonyl (C=O) groups excluding carboxylic acids is 1. The summed E-state index contributed by atoms with van der Waals surface area (Å²) in [4.78, 5) is 16.9. The van der Waals surface area contributed by atoms with Gasteiger partial charge < -0.3 is 21.1 Å². The lowest BCUT2D eigenvalue weighted by atomic mass is 10.0. The van der Waals surface area contributed by atoms with Gasteiger partial charge in [-0.25, -0.2) is 13.9 Å². The van der Waals surface area contributed by atoms with Gasteiger partial charge in [-0.2, -0.15) is 13.2 Å². The summed E-state index contributed by atoms with van der Waals surface area (Å²) in [5, 5.41) is 10.1. The molecule has 12 heteroatoms. The number of rotatable bonds is 8. The summed E-state index contributed by atoms with van der Waals surface area (Å²) in [5.41, 5.74) is 8.50. The van der Waals surface area contributed by atoms with Crippen LogP contribution in [0.25, 0.3) is 16.9 Å². The van der Waals surface area contributed by atoms with E-state index in [-0.39, 0.29) is 40.6 Å². The Morgan fingerprint density at radius 3 is 2.71 bits per heavy atom. The third-order valence-corrected chi connectivity index (χ3v) is 6.08. The summed E-state index contributed by atoms with van der Waals surface area (Å²) in [7, 11) is 0. The number of hydrogen-bond acceptors (Lipinski definition) is 6. The Labute approximate surface area is 214 Å². The van der Waals surface area contributed by atoms with Crippen LogP contribution in [0.15, 0.2) is 48.7 Å². The number of ether oxygens (including phenoxy) is 1. The molecule has 0 unspecified atom stereocenters. The van der Waals surface area contributed by atoms with E-state index < -0.39 is 25.0 Å². The predicted octanol–water partition coefficient (Wildman–Crippen LogP) is 5.47. The number of nitrogen functional groups attached to an aromatic ring is 1. The maximum Gasteiger partial charge on any atom is 0.390 e. The zero-order valence-corrected chi connectivity index (χ0v) is 20.3. The number of nitrogens with zero attached hydrogens (tertiary/aromatic N) is 3. The van der Waals surface area contributed by atoms with Gasteiger partial charge >= 0.3 is 6.18 Å². The summed E-state index contributed by atoms with van der Waals surface area (Å²) < 4.78 is 59.4. The molecule has 2 aromatic heterocycles. The molecule has 0 bridgehead atoms. The number of para-hydroxylation sites is 1. The molecule has 38 heavy (non-hydrogen) atoms. The van der Waals surface area contributed by atoms with Crippen LogP contribution in [0.3, 0.4) is 0 Å². The molecular weight excluding hydrogens is 504 g/mol. The van der Waals surface area contributed by atoms with Crippen molar-refractivity contribution in [2.24, 2.45) is 0 Å². The number of aryl methyl sites for hydroxylation is 1. The Kier molecular flexibility index (Phi) is 6.55. The molecule has 2 heterocycles. The van der Waals surface area contributed by atoms with E-state index in [2.05, 4.69) is 20.7 Å². The second-order valence-corrected chi connectivity index (χ2v) is 9.10. The van der Waals surface area contributed by atoms with E-state index in [4.69, 9.17) is 10.5 Å². The van der Waals surface area contributed by atoms with Crippen LogP contribution in [0.5, 0.6) is 11.6 Å². The van der Waals surface area contributed by atoms with Crippen LogP contribution >= 0.6 is 0 Å². The van der Waals surface area contributed by atoms with Gasteiger partial charge in [0, 0.05) is 29.8 Å². The molecule has 0 atom stereocenters. The van der Waals surface area contributed by atoms with Crippen molar-refractivity contribution in [2.75, 3.05) is 17.6 Å². The fourth-order valence-corrected chi connectivity index (χ4v) is 3.95. The van der Waals surface area contributed by atoms with Crippen LogP contribution in [0, 0.1) is 12.7 Å². The van der Waals surface area contributed by atoms with Gasteiger partial charge in [-0.3, -0.25) is 4.79 Å². The number of imidazole rings is 1. The fourth-order valence-electron chi connectivity index (χ4n) is 3.95. The molecule has 1 fully saturated rings. The predicted molar refractivity (Wildman–Crippen MR) is 134 cm³/mol. The molecule has 0 radical (unpaired) electrons. The van der Waals surface area contributed by atoms with Crippen LogP contribution in [-0.2, 0) is 0 Å². The first-order valence-electron chi connectivity index (χ1n) is 11.9. The van der Waals surface area contributed by atoms with Gasteiger partial charge in [0.05, 0.1) is 24.0 Å². The lowest BCUT2D eigenvalue weighted by Crippen LogP contribution is -2.26. The first-order chi connectivity index (χ1) is 18.1. The van der Waals surface area contributed by atoms with E-state index in [1.54, 1.807) is 12.1 Å². The zero-order chi connectivity index (χ0) is 27.0. The second kappa shape index (κ2) is 9.84. The number of nitrogens with two attached hydrogens (primary N) is 1. The normalized spacial score (nSPS) is 13.5. The molecule has 1 amide bonds. The molecular formula is C26H24F4N6O2. The Balaban J connectivity index is 1.53. The van der Waals surface area contributed by atoms with Gasteiger partial charge in [0.1, 0.15) is 11.5 Å². The zero-order valence-electron chi connectivity index (χ0n) is 20.3. The lowest BCUT2D eigenvalue weighted by molar-refractivity contribution is -0.131.